The Kier molecular flexibility index (Phi) is 2.73. The summed E-state index contributed by atoms with van der Waals surface area (Å²) in [5.74, 6) is 0. The van der Waals surface area contributed by atoms with Crippen molar-refractivity contribution >= 4 is 11.3 Å². The second-order valence-electron chi connectivity index (χ2n) is 3.75. The van der Waals surface area contributed by atoms with Gasteiger partial charge < -0.3 is 4.57 Å². The van der Waals surface area contributed by atoms with Crippen LogP contribution in [0, 0.1) is 19.3 Å². The SMILES string of the molecule is Cc1ccc(Cn2c(C)csc2=N)cc1. The molecular formula is C12H14N2S. The molecule has 2 rings (SSSR count). The lowest BCUT2D eigenvalue weighted by molar-refractivity contribution is 0.733. The molecular weight excluding hydrogens is 204 g/mol. The van der Waals surface area contributed by atoms with Gasteiger partial charge in [0.2, 0.25) is 0 Å². The molecule has 0 saturated carbocycles. The molecule has 78 valence electrons. The number of nitrogens with zero attached hydrogens (tertiary/aromatic N) is 1. The molecule has 0 spiro atoms. The van der Waals surface area contributed by atoms with E-state index in [-0.39, 0.29) is 0 Å². The van der Waals surface area contributed by atoms with Crippen LogP contribution >= 0.6 is 11.3 Å². The van der Waals surface area contributed by atoms with Gasteiger partial charge in [-0.05, 0) is 19.4 Å². The molecule has 15 heavy (non-hydrogen) atoms. The standard InChI is InChI=1S/C12H14N2S/c1-9-3-5-11(6-4-9)7-14-10(2)8-15-12(14)13/h3-6,8,13H,7H2,1-2H3. The van der Waals surface area contributed by atoms with Crippen LogP contribution in [0.25, 0.3) is 0 Å². The van der Waals surface area contributed by atoms with Gasteiger partial charge in [-0.1, -0.05) is 29.8 Å². The fourth-order valence-corrected chi connectivity index (χ4v) is 2.25. The Balaban J connectivity index is 2.29. The summed E-state index contributed by atoms with van der Waals surface area (Å²) in [5, 5.41) is 9.79. The van der Waals surface area contributed by atoms with Gasteiger partial charge in [-0.3, -0.25) is 5.41 Å². The van der Waals surface area contributed by atoms with Crippen LogP contribution in [-0.4, -0.2) is 4.57 Å². The molecule has 0 radical (unpaired) electrons. The van der Waals surface area contributed by atoms with Crippen molar-refractivity contribution in [3.8, 4) is 0 Å². The Morgan fingerprint density at radius 2 is 1.87 bits per heavy atom. The molecule has 1 N–H and O–H groups in total. The summed E-state index contributed by atoms with van der Waals surface area (Å²) in [7, 11) is 0. The van der Waals surface area contributed by atoms with Crippen molar-refractivity contribution in [1.29, 1.82) is 5.41 Å². The van der Waals surface area contributed by atoms with Gasteiger partial charge in [-0.25, -0.2) is 0 Å². The molecule has 0 aliphatic rings. The van der Waals surface area contributed by atoms with Gasteiger partial charge in [0.1, 0.15) is 0 Å². The average Bonchev–Trinajstić information content (AvgIpc) is 2.53. The molecule has 0 bridgehead atoms. The summed E-state index contributed by atoms with van der Waals surface area (Å²) in [6.07, 6.45) is 0. The zero-order valence-electron chi connectivity index (χ0n) is 8.95. The minimum atomic E-state index is 0.619. The number of thiazole rings is 1. The second kappa shape index (κ2) is 4.03. The van der Waals surface area contributed by atoms with Gasteiger partial charge >= 0.3 is 0 Å². The number of nitrogens with one attached hydrogen (secondary N) is 1. The van der Waals surface area contributed by atoms with Crippen molar-refractivity contribution in [2.75, 3.05) is 0 Å². The number of hydrogen-bond acceptors (Lipinski definition) is 2. The minimum Gasteiger partial charge on any atom is -0.317 e. The minimum absolute atomic E-state index is 0.619. The molecule has 0 saturated heterocycles. The first-order valence-corrected chi connectivity index (χ1v) is 5.80. The average molecular weight is 218 g/mol. The first-order chi connectivity index (χ1) is 7.16. The first kappa shape index (κ1) is 10.2. The highest BCUT2D eigenvalue weighted by Crippen LogP contribution is 2.07. The summed E-state index contributed by atoms with van der Waals surface area (Å²) >= 11 is 1.48. The highest BCUT2D eigenvalue weighted by Gasteiger charge is 2.00. The quantitative estimate of drug-likeness (QED) is 0.803. The summed E-state index contributed by atoms with van der Waals surface area (Å²) in [4.78, 5) is 0.619. The van der Waals surface area contributed by atoms with Crippen LogP contribution in [-0.2, 0) is 6.54 Å². The van der Waals surface area contributed by atoms with E-state index in [2.05, 4.69) is 31.2 Å². The summed E-state index contributed by atoms with van der Waals surface area (Å²) in [6.45, 7) is 4.93. The van der Waals surface area contributed by atoms with Crippen molar-refractivity contribution in [3.05, 3.63) is 51.3 Å². The maximum Gasteiger partial charge on any atom is 0.182 e. The maximum absolute atomic E-state index is 7.76. The predicted octanol–water partition coefficient (Wildman–Crippen LogP) is 2.69. The van der Waals surface area contributed by atoms with Crippen molar-refractivity contribution < 1.29 is 0 Å². The van der Waals surface area contributed by atoms with Crippen LogP contribution in [0.4, 0.5) is 0 Å². The monoisotopic (exact) mass is 218 g/mol. The molecule has 3 heteroatoms. The van der Waals surface area contributed by atoms with Crippen LogP contribution in [0.3, 0.4) is 0 Å². The molecule has 1 aromatic heterocycles. The lowest BCUT2D eigenvalue weighted by Crippen LogP contribution is -2.15. The molecule has 0 aliphatic heterocycles. The maximum atomic E-state index is 7.76. The van der Waals surface area contributed by atoms with Crippen LogP contribution in [0.2, 0.25) is 0 Å². The highest BCUT2D eigenvalue weighted by atomic mass is 32.1. The van der Waals surface area contributed by atoms with Gasteiger partial charge in [-0.15, -0.1) is 11.3 Å². The van der Waals surface area contributed by atoms with Crippen LogP contribution < -0.4 is 4.80 Å². The Hall–Kier alpha value is -1.35. The molecule has 0 unspecified atom stereocenters. The molecule has 2 nitrogen and oxygen atoms in total. The fourth-order valence-electron chi connectivity index (χ4n) is 1.50. The molecule has 2 aromatic rings. The van der Waals surface area contributed by atoms with E-state index in [1.54, 1.807) is 0 Å². The van der Waals surface area contributed by atoms with Crippen molar-refractivity contribution in [2.24, 2.45) is 0 Å². The van der Waals surface area contributed by atoms with E-state index in [0.717, 1.165) is 12.2 Å². The Labute approximate surface area is 93.3 Å². The molecule has 1 aromatic carbocycles. The molecule has 0 aliphatic carbocycles. The third-order valence-corrected chi connectivity index (χ3v) is 3.38. The molecule has 1 heterocycles. The number of hydrogen-bond donors (Lipinski definition) is 1. The Morgan fingerprint density at radius 1 is 1.20 bits per heavy atom. The summed E-state index contributed by atoms with van der Waals surface area (Å²) < 4.78 is 2.02. The van der Waals surface area contributed by atoms with Gasteiger partial charge in [0.05, 0.1) is 6.54 Å². The van der Waals surface area contributed by atoms with E-state index in [1.165, 1.54) is 22.5 Å². The molecule has 0 fully saturated rings. The lowest BCUT2D eigenvalue weighted by atomic mass is 10.1. The van der Waals surface area contributed by atoms with Gasteiger partial charge in [0, 0.05) is 11.1 Å². The van der Waals surface area contributed by atoms with E-state index in [0.29, 0.717) is 4.80 Å². The zero-order chi connectivity index (χ0) is 10.8. The molecule has 0 atom stereocenters. The third kappa shape index (κ3) is 2.18. The zero-order valence-corrected chi connectivity index (χ0v) is 9.77. The number of aromatic nitrogens is 1. The smallest absolute Gasteiger partial charge is 0.182 e. The van der Waals surface area contributed by atoms with E-state index >= 15 is 0 Å². The van der Waals surface area contributed by atoms with Crippen LogP contribution in [0.5, 0.6) is 0 Å². The van der Waals surface area contributed by atoms with Gasteiger partial charge in [0.25, 0.3) is 0 Å². The largest absolute Gasteiger partial charge is 0.317 e. The molecule has 0 amide bonds. The number of benzene rings is 1. The number of rotatable bonds is 2. The van der Waals surface area contributed by atoms with E-state index in [4.69, 9.17) is 5.41 Å². The van der Waals surface area contributed by atoms with Gasteiger partial charge in [0.15, 0.2) is 4.80 Å². The highest BCUT2D eigenvalue weighted by molar-refractivity contribution is 7.07. The first-order valence-electron chi connectivity index (χ1n) is 4.92. The third-order valence-electron chi connectivity index (χ3n) is 2.47. The Morgan fingerprint density at radius 3 is 2.40 bits per heavy atom. The van der Waals surface area contributed by atoms with E-state index in [1.807, 2.05) is 16.9 Å². The van der Waals surface area contributed by atoms with Crippen LogP contribution in [0.1, 0.15) is 16.8 Å². The summed E-state index contributed by atoms with van der Waals surface area (Å²) in [6, 6.07) is 8.47. The van der Waals surface area contributed by atoms with Crippen LogP contribution in [0.15, 0.2) is 29.6 Å². The second-order valence-corrected chi connectivity index (χ2v) is 4.61. The lowest BCUT2D eigenvalue weighted by Gasteiger charge is -2.05. The van der Waals surface area contributed by atoms with E-state index in [9.17, 15) is 0 Å². The van der Waals surface area contributed by atoms with Crippen molar-refractivity contribution in [3.63, 3.8) is 0 Å². The van der Waals surface area contributed by atoms with E-state index < -0.39 is 0 Å². The van der Waals surface area contributed by atoms with Gasteiger partial charge in [-0.2, -0.15) is 0 Å². The summed E-state index contributed by atoms with van der Waals surface area (Å²) in [5.41, 5.74) is 3.68. The number of aryl methyl sites for hydroxylation is 2. The van der Waals surface area contributed by atoms with Crippen molar-refractivity contribution in [2.45, 2.75) is 20.4 Å². The normalized spacial score (nSPS) is 10.5. The Bertz CT molecular complexity index is 505. The predicted molar refractivity (Wildman–Crippen MR) is 63.2 cm³/mol. The topological polar surface area (TPSA) is 28.8 Å². The fraction of sp³-hybridized carbons (Fsp3) is 0.250. The van der Waals surface area contributed by atoms with Crippen molar-refractivity contribution in [1.82, 2.24) is 4.57 Å².